The van der Waals surface area contributed by atoms with E-state index in [-0.39, 0.29) is 18.2 Å². The molecule has 8 nitrogen and oxygen atoms in total. The van der Waals surface area contributed by atoms with Crippen LogP contribution in [-0.2, 0) is 29.1 Å². The van der Waals surface area contributed by atoms with Crippen molar-refractivity contribution in [1.82, 2.24) is 25.1 Å². The van der Waals surface area contributed by atoms with Crippen molar-refractivity contribution >= 4 is 11.8 Å². The van der Waals surface area contributed by atoms with Gasteiger partial charge in [0.1, 0.15) is 18.0 Å². The Morgan fingerprint density at radius 2 is 1.87 bits per heavy atom. The number of aromatic nitrogens is 2. The van der Waals surface area contributed by atoms with E-state index >= 15 is 0 Å². The number of aliphatic hydroxyl groups excluding tert-OH is 1. The predicted octanol–water partition coefficient (Wildman–Crippen LogP) is 1.23. The average molecular weight is 428 g/mol. The van der Waals surface area contributed by atoms with Gasteiger partial charge in [-0.05, 0) is 18.0 Å². The minimum absolute atomic E-state index is 0.0499. The van der Waals surface area contributed by atoms with Crippen LogP contribution in [0.25, 0.3) is 0 Å². The fraction of sp³-hybridized carbons (Fsp3) is 0.522. The number of fused-ring (bicyclic) bond motifs is 1. The zero-order valence-electron chi connectivity index (χ0n) is 19.0. The van der Waals surface area contributed by atoms with Crippen molar-refractivity contribution in [2.75, 3.05) is 20.6 Å². The Hall–Kier alpha value is -2.71. The minimum atomic E-state index is -0.867. The Bertz CT molecular complexity index is 933. The summed E-state index contributed by atoms with van der Waals surface area (Å²) >= 11 is 0. The van der Waals surface area contributed by atoms with E-state index in [1.165, 1.54) is 0 Å². The molecule has 1 aromatic heterocycles. The normalized spacial score (nSPS) is 16.3. The Morgan fingerprint density at radius 3 is 2.48 bits per heavy atom. The van der Waals surface area contributed by atoms with E-state index in [2.05, 4.69) is 15.5 Å². The molecule has 0 bridgehead atoms. The zero-order chi connectivity index (χ0) is 22.8. The number of carbonyl (C=O) groups is 2. The number of hydrogen-bond acceptors (Lipinski definition) is 5. The van der Waals surface area contributed by atoms with E-state index in [1.807, 2.05) is 62.7 Å². The lowest BCUT2D eigenvalue weighted by atomic mass is 9.86. The average Bonchev–Trinajstić information content (AvgIpc) is 3.08. The van der Waals surface area contributed by atoms with Gasteiger partial charge >= 0.3 is 0 Å². The first-order chi connectivity index (χ1) is 14.6. The molecule has 0 saturated carbocycles. The number of carbonyl (C=O) groups excluding carboxylic acids is 2. The van der Waals surface area contributed by atoms with Crippen molar-refractivity contribution in [2.24, 2.45) is 5.41 Å². The number of amides is 2. The summed E-state index contributed by atoms with van der Waals surface area (Å²) < 4.78 is 2.03. The molecule has 3 rings (SSSR count). The smallest absolute Gasteiger partial charge is 0.242 e. The van der Waals surface area contributed by atoms with Gasteiger partial charge in [0.15, 0.2) is 0 Å². The Kier molecular flexibility index (Phi) is 6.81. The van der Waals surface area contributed by atoms with Gasteiger partial charge in [0, 0.05) is 26.7 Å². The Labute approximate surface area is 183 Å². The first kappa shape index (κ1) is 23.0. The molecule has 3 N–H and O–H groups in total. The van der Waals surface area contributed by atoms with Crippen molar-refractivity contribution in [3.8, 4) is 0 Å². The topological polar surface area (TPSA) is 99.5 Å². The molecule has 0 saturated heterocycles. The number of benzene rings is 1. The van der Waals surface area contributed by atoms with Gasteiger partial charge in [-0.25, -0.2) is 4.98 Å². The number of hydrogen-bond donors (Lipinski definition) is 3. The quantitative estimate of drug-likeness (QED) is 0.644. The van der Waals surface area contributed by atoms with Crippen LogP contribution >= 0.6 is 0 Å². The van der Waals surface area contributed by atoms with Crippen molar-refractivity contribution in [3.05, 3.63) is 53.1 Å². The standard InChI is InChI=1S/C23H33N5O3/c1-23(2,3)20(22(31)24-4)26-18(29)13-16-17-14-27(5)11-12-28(17)21(25-16)19(30)15-9-7-6-8-10-15/h6-10,19-20,30H,11-14H2,1-5H3,(H,24,31)(H,26,29)/t19?,20-/m1/s1. The third-order valence-electron chi connectivity index (χ3n) is 5.68. The van der Waals surface area contributed by atoms with Crippen molar-refractivity contribution in [2.45, 2.75) is 52.4 Å². The van der Waals surface area contributed by atoms with Crippen LogP contribution in [0.2, 0.25) is 0 Å². The molecule has 1 aliphatic heterocycles. The van der Waals surface area contributed by atoms with Gasteiger partial charge in [-0.15, -0.1) is 0 Å². The van der Waals surface area contributed by atoms with Crippen LogP contribution in [0, 0.1) is 5.41 Å². The number of likely N-dealkylation sites (N-methyl/N-ethyl adjacent to an activating group) is 2. The number of nitrogens with one attached hydrogen (secondary N) is 2. The number of rotatable bonds is 6. The fourth-order valence-corrected chi connectivity index (χ4v) is 3.91. The van der Waals surface area contributed by atoms with E-state index in [0.29, 0.717) is 24.6 Å². The minimum Gasteiger partial charge on any atom is -0.380 e. The predicted molar refractivity (Wildman–Crippen MR) is 118 cm³/mol. The number of aliphatic hydroxyl groups is 1. The lowest BCUT2D eigenvalue weighted by Crippen LogP contribution is -2.53. The van der Waals surface area contributed by atoms with Crippen LogP contribution in [0.3, 0.4) is 0 Å². The van der Waals surface area contributed by atoms with Crippen molar-refractivity contribution in [1.29, 1.82) is 0 Å². The van der Waals surface area contributed by atoms with Crippen LogP contribution in [0.1, 0.15) is 49.7 Å². The summed E-state index contributed by atoms with van der Waals surface area (Å²) in [5, 5.41) is 16.5. The van der Waals surface area contributed by atoms with Crippen LogP contribution in [-0.4, -0.2) is 58.1 Å². The van der Waals surface area contributed by atoms with Crippen LogP contribution in [0.5, 0.6) is 0 Å². The molecule has 0 aliphatic carbocycles. The summed E-state index contributed by atoms with van der Waals surface area (Å²) in [4.78, 5) is 32.0. The van der Waals surface area contributed by atoms with E-state index in [0.717, 1.165) is 17.8 Å². The summed E-state index contributed by atoms with van der Waals surface area (Å²) in [6.07, 6.45) is -0.817. The molecule has 1 aliphatic rings. The van der Waals surface area contributed by atoms with Gasteiger partial charge in [-0.3, -0.25) is 14.5 Å². The monoisotopic (exact) mass is 427 g/mol. The summed E-state index contributed by atoms with van der Waals surface area (Å²) in [7, 11) is 3.58. The second-order valence-electron chi connectivity index (χ2n) is 9.22. The lowest BCUT2D eigenvalue weighted by Gasteiger charge is -2.30. The van der Waals surface area contributed by atoms with Crippen molar-refractivity contribution < 1.29 is 14.7 Å². The highest BCUT2D eigenvalue weighted by Crippen LogP contribution is 2.27. The lowest BCUT2D eigenvalue weighted by molar-refractivity contribution is -0.131. The molecule has 1 unspecified atom stereocenters. The number of imidazole rings is 1. The van der Waals surface area contributed by atoms with E-state index in [1.54, 1.807) is 7.05 Å². The Balaban J connectivity index is 1.88. The first-order valence-corrected chi connectivity index (χ1v) is 10.6. The molecular formula is C23H33N5O3. The molecule has 0 spiro atoms. The van der Waals surface area contributed by atoms with Gasteiger partial charge < -0.3 is 20.3 Å². The van der Waals surface area contributed by atoms with E-state index in [4.69, 9.17) is 4.98 Å². The van der Waals surface area contributed by atoms with Crippen LogP contribution in [0.15, 0.2) is 30.3 Å². The molecule has 0 fully saturated rings. The fourth-order valence-electron chi connectivity index (χ4n) is 3.91. The van der Waals surface area contributed by atoms with Crippen molar-refractivity contribution in [3.63, 3.8) is 0 Å². The van der Waals surface area contributed by atoms with Crippen LogP contribution in [0.4, 0.5) is 0 Å². The van der Waals surface area contributed by atoms with Gasteiger partial charge in [0.2, 0.25) is 11.8 Å². The maximum atomic E-state index is 12.9. The highest BCUT2D eigenvalue weighted by molar-refractivity contribution is 5.88. The maximum Gasteiger partial charge on any atom is 0.242 e. The van der Waals surface area contributed by atoms with E-state index in [9.17, 15) is 14.7 Å². The van der Waals surface area contributed by atoms with Gasteiger partial charge in [0.05, 0.1) is 17.8 Å². The number of nitrogens with zero attached hydrogens (tertiary/aromatic N) is 3. The molecule has 31 heavy (non-hydrogen) atoms. The summed E-state index contributed by atoms with van der Waals surface area (Å²) in [5.74, 6) is 0.0572. The van der Waals surface area contributed by atoms with Gasteiger partial charge in [0.25, 0.3) is 0 Å². The molecule has 8 heteroatoms. The van der Waals surface area contributed by atoms with E-state index < -0.39 is 17.6 Å². The third kappa shape index (κ3) is 5.14. The zero-order valence-corrected chi connectivity index (χ0v) is 19.0. The summed E-state index contributed by atoms with van der Waals surface area (Å²) in [5.41, 5.74) is 1.90. The van der Waals surface area contributed by atoms with Gasteiger partial charge in [-0.1, -0.05) is 51.1 Å². The first-order valence-electron chi connectivity index (χ1n) is 10.6. The highest BCUT2D eigenvalue weighted by Gasteiger charge is 2.33. The molecule has 2 atom stereocenters. The molecule has 1 aromatic carbocycles. The summed E-state index contributed by atoms with van der Waals surface area (Å²) in [6.45, 7) is 7.92. The van der Waals surface area contributed by atoms with Crippen LogP contribution < -0.4 is 10.6 Å². The molecule has 0 radical (unpaired) electrons. The second-order valence-corrected chi connectivity index (χ2v) is 9.22. The highest BCUT2D eigenvalue weighted by atomic mass is 16.3. The third-order valence-corrected chi connectivity index (χ3v) is 5.68. The maximum absolute atomic E-state index is 12.9. The Morgan fingerprint density at radius 1 is 1.19 bits per heavy atom. The largest absolute Gasteiger partial charge is 0.380 e. The molecular weight excluding hydrogens is 394 g/mol. The second kappa shape index (κ2) is 9.20. The molecule has 168 valence electrons. The molecule has 2 heterocycles. The summed E-state index contributed by atoms with van der Waals surface area (Å²) in [6, 6.07) is 8.74. The molecule has 2 amide bonds. The van der Waals surface area contributed by atoms with Gasteiger partial charge in [-0.2, -0.15) is 0 Å². The SMILES string of the molecule is CNC(=O)[C@@H](NC(=O)Cc1nc(C(O)c2ccccc2)n2c1CN(C)CC2)C(C)(C)C. The molecule has 2 aromatic rings.